The minimum Gasteiger partial charge on any atom is -0.457 e. The van der Waals surface area contributed by atoms with E-state index in [4.69, 9.17) is 9.72 Å². The molecule has 2 heterocycles. The van der Waals surface area contributed by atoms with Crippen molar-refractivity contribution in [3.8, 4) is 22.8 Å². The van der Waals surface area contributed by atoms with Crippen molar-refractivity contribution in [2.45, 2.75) is 26.0 Å². The van der Waals surface area contributed by atoms with Gasteiger partial charge in [-0.2, -0.15) is 0 Å². The Morgan fingerprint density at radius 1 is 1.08 bits per heavy atom. The quantitative estimate of drug-likeness (QED) is 0.277. The van der Waals surface area contributed by atoms with Gasteiger partial charge < -0.3 is 19.6 Å². The number of para-hydroxylation sites is 1. The van der Waals surface area contributed by atoms with E-state index in [-0.39, 0.29) is 5.78 Å². The monoisotopic (exact) mass is 520 g/mol. The summed E-state index contributed by atoms with van der Waals surface area (Å²) in [7, 11) is 4.01. The zero-order valence-corrected chi connectivity index (χ0v) is 22.7. The van der Waals surface area contributed by atoms with Gasteiger partial charge in [-0.05, 0) is 63.0 Å². The molecule has 1 aliphatic heterocycles. The average Bonchev–Trinajstić information content (AvgIpc) is 3.35. The van der Waals surface area contributed by atoms with Crippen LogP contribution in [-0.2, 0) is 0 Å². The van der Waals surface area contributed by atoms with Crippen LogP contribution in [0, 0.1) is 0 Å². The number of rotatable bonds is 11. The zero-order chi connectivity index (χ0) is 26.2. The van der Waals surface area contributed by atoms with Crippen LogP contribution in [0.5, 0.6) is 11.5 Å². The molecule has 8 heteroatoms. The van der Waals surface area contributed by atoms with Crippen molar-refractivity contribution in [1.82, 2.24) is 14.8 Å². The van der Waals surface area contributed by atoms with Crippen LogP contribution in [0.3, 0.4) is 0 Å². The summed E-state index contributed by atoms with van der Waals surface area (Å²) < 4.78 is 5.93. The van der Waals surface area contributed by atoms with Crippen LogP contribution in [0.4, 0.5) is 5.13 Å². The van der Waals surface area contributed by atoms with Gasteiger partial charge in [0.25, 0.3) is 0 Å². The van der Waals surface area contributed by atoms with Crippen LogP contribution in [0.15, 0.2) is 66.7 Å². The average molecular weight is 521 g/mol. The minimum atomic E-state index is -0.590. The fourth-order valence-corrected chi connectivity index (χ4v) is 5.27. The summed E-state index contributed by atoms with van der Waals surface area (Å²) in [5, 5.41) is 11.4. The van der Waals surface area contributed by atoms with Gasteiger partial charge in [-0.15, -0.1) is 0 Å². The lowest BCUT2D eigenvalue weighted by Gasteiger charge is -2.36. The molecule has 1 fully saturated rings. The van der Waals surface area contributed by atoms with Crippen LogP contribution >= 0.6 is 11.3 Å². The van der Waals surface area contributed by atoms with E-state index in [1.54, 1.807) is 0 Å². The van der Waals surface area contributed by atoms with E-state index in [0.717, 1.165) is 67.0 Å². The molecule has 196 valence electrons. The molecule has 3 aromatic rings. The van der Waals surface area contributed by atoms with Gasteiger partial charge in [0.15, 0.2) is 10.9 Å². The van der Waals surface area contributed by atoms with Crippen molar-refractivity contribution in [2.24, 2.45) is 0 Å². The number of carbonyl (C=O) groups is 1. The molecule has 4 rings (SSSR count). The standard InChI is InChI=1S/C29H36N4O3S/c1-4-9-25(34)28-27(22-13-15-24(16-14-22)36-23-10-6-5-7-11-23)30-29(37-28)33-20-18-32(19-21-33)26(35)12-8-17-31(2)3/h5-8,10-16,26,35H,4,9,17-21H2,1-3H3. The van der Waals surface area contributed by atoms with Crippen molar-refractivity contribution in [2.75, 3.05) is 51.7 Å². The molecule has 0 aliphatic carbocycles. The number of carbonyl (C=O) groups excluding carboxylic acids is 1. The molecule has 1 N–H and O–H groups in total. The van der Waals surface area contributed by atoms with E-state index in [1.807, 2.05) is 87.8 Å². The van der Waals surface area contributed by atoms with Crippen LogP contribution in [0.2, 0.25) is 0 Å². The first-order chi connectivity index (χ1) is 17.9. The number of thiazole rings is 1. The van der Waals surface area contributed by atoms with Crippen LogP contribution in [0.1, 0.15) is 29.4 Å². The predicted molar refractivity (Wildman–Crippen MR) is 151 cm³/mol. The Kier molecular flexibility index (Phi) is 9.46. The molecular weight excluding hydrogens is 484 g/mol. The van der Waals surface area contributed by atoms with Crippen molar-refractivity contribution in [3.63, 3.8) is 0 Å². The molecular formula is C29H36N4O3S. The minimum absolute atomic E-state index is 0.131. The number of nitrogens with zero attached hydrogens (tertiary/aromatic N) is 4. The summed E-state index contributed by atoms with van der Waals surface area (Å²) in [6, 6.07) is 17.4. The maximum absolute atomic E-state index is 13.0. The maximum atomic E-state index is 13.0. The van der Waals surface area contributed by atoms with Crippen LogP contribution in [0.25, 0.3) is 11.3 Å². The molecule has 0 spiro atoms. The molecule has 0 bridgehead atoms. The third-order valence-corrected chi connectivity index (χ3v) is 7.35. The Labute approximate surface area is 223 Å². The smallest absolute Gasteiger partial charge is 0.186 e. The Balaban J connectivity index is 1.48. The van der Waals surface area contributed by atoms with Gasteiger partial charge in [0.1, 0.15) is 17.7 Å². The van der Waals surface area contributed by atoms with Gasteiger partial charge in [-0.1, -0.05) is 42.5 Å². The fraction of sp³-hybridized carbons (Fsp3) is 0.379. The number of Topliss-reactive ketones (excluding diaryl/α,β-unsaturated/α-hetero) is 1. The van der Waals surface area contributed by atoms with Gasteiger partial charge in [-0.3, -0.25) is 9.69 Å². The Bertz CT molecular complexity index is 1170. The number of likely N-dealkylation sites (N-methyl/N-ethyl adjacent to an activating group) is 1. The van der Waals surface area contributed by atoms with Gasteiger partial charge in [0, 0.05) is 44.7 Å². The van der Waals surface area contributed by atoms with E-state index in [2.05, 4.69) is 14.7 Å². The molecule has 1 aliphatic rings. The second kappa shape index (κ2) is 13.0. The number of aliphatic hydroxyl groups excluding tert-OH is 1. The highest BCUT2D eigenvalue weighted by atomic mass is 32.1. The number of ether oxygens (including phenoxy) is 1. The molecule has 2 aromatic carbocycles. The summed E-state index contributed by atoms with van der Waals surface area (Å²) >= 11 is 1.48. The number of aromatic nitrogens is 1. The number of hydrogen-bond acceptors (Lipinski definition) is 8. The predicted octanol–water partition coefficient (Wildman–Crippen LogP) is 5.14. The first-order valence-corrected chi connectivity index (χ1v) is 13.6. The Hall–Kier alpha value is -3.04. The van der Waals surface area contributed by atoms with Gasteiger partial charge in [0.2, 0.25) is 0 Å². The molecule has 0 amide bonds. The second-order valence-electron chi connectivity index (χ2n) is 9.41. The van der Waals surface area contributed by atoms with Crippen LogP contribution < -0.4 is 9.64 Å². The molecule has 1 saturated heterocycles. The van der Waals surface area contributed by atoms with Crippen molar-refractivity contribution in [3.05, 3.63) is 71.6 Å². The van der Waals surface area contributed by atoms with E-state index < -0.39 is 6.23 Å². The topological polar surface area (TPSA) is 69.1 Å². The third kappa shape index (κ3) is 7.26. The number of piperazine rings is 1. The molecule has 1 unspecified atom stereocenters. The summed E-state index contributed by atoms with van der Waals surface area (Å²) in [6.45, 7) is 5.77. The first-order valence-electron chi connectivity index (χ1n) is 12.8. The van der Waals surface area contributed by atoms with E-state index in [9.17, 15) is 9.90 Å². The Morgan fingerprint density at radius 3 is 2.41 bits per heavy atom. The third-order valence-electron chi connectivity index (χ3n) is 6.19. The molecule has 1 aromatic heterocycles. The number of benzene rings is 2. The van der Waals surface area contributed by atoms with Gasteiger partial charge in [-0.25, -0.2) is 4.98 Å². The highest BCUT2D eigenvalue weighted by molar-refractivity contribution is 7.18. The molecule has 0 saturated carbocycles. The molecule has 7 nitrogen and oxygen atoms in total. The summed E-state index contributed by atoms with van der Waals surface area (Å²) in [5.41, 5.74) is 1.64. The van der Waals surface area contributed by atoms with Crippen molar-refractivity contribution < 1.29 is 14.6 Å². The lowest BCUT2D eigenvalue weighted by Crippen LogP contribution is -2.50. The summed E-state index contributed by atoms with van der Waals surface area (Å²) in [6.07, 6.45) is 4.55. The van der Waals surface area contributed by atoms with Gasteiger partial charge in [0.05, 0.1) is 10.6 Å². The molecule has 37 heavy (non-hydrogen) atoms. The Morgan fingerprint density at radius 2 is 1.76 bits per heavy atom. The number of ketones is 1. The van der Waals surface area contributed by atoms with E-state index >= 15 is 0 Å². The van der Waals surface area contributed by atoms with Crippen molar-refractivity contribution in [1.29, 1.82) is 0 Å². The van der Waals surface area contributed by atoms with E-state index in [0.29, 0.717) is 11.3 Å². The number of aliphatic hydroxyl groups is 1. The SMILES string of the molecule is CCCC(=O)c1sc(N2CCN(C(O)C=CCN(C)C)CC2)nc1-c1ccc(Oc2ccccc2)cc1. The second-order valence-corrected chi connectivity index (χ2v) is 10.4. The van der Waals surface area contributed by atoms with Crippen LogP contribution in [-0.4, -0.2) is 78.7 Å². The lowest BCUT2D eigenvalue weighted by atomic mass is 10.1. The molecule has 0 radical (unpaired) electrons. The first kappa shape index (κ1) is 27.0. The normalized spacial score (nSPS) is 15.4. The number of anilines is 1. The van der Waals surface area contributed by atoms with E-state index in [1.165, 1.54) is 11.3 Å². The largest absolute Gasteiger partial charge is 0.457 e. The molecule has 1 atom stereocenters. The highest BCUT2D eigenvalue weighted by Crippen LogP contribution is 2.36. The lowest BCUT2D eigenvalue weighted by molar-refractivity contribution is 0.0375. The van der Waals surface area contributed by atoms with Crippen molar-refractivity contribution >= 4 is 22.3 Å². The highest BCUT2D eigenvalue weighted by Gasteiger charge is 2.26. The summed E-state index contributed by atoms with van der Waals surface area (Å²) in [5.74, 6) is 1.65. The summed E-state index contributed by atoms with van der Waals surface area (Å²) in [4.78, 5) is 25.0. The zero-order valence-electron chi connectivity index (χ0n) is 21.8. The van der Waals surface area contributed by atoms with Gasteiger partial charge >= 0.3 is 0 Å². The maximum Gasteiger partial charge on any atom is 0.186 e. The fourth-order valence-electron chi connectivity index (χ4n) is 4.17. The number of hydrogen-bond donors (Lipinski definition) is 1.